The molecule has 0 amide bonds. The first-order valence-electron chi connectivity index (χ1n) is 10.3. The average Bonchev–Trinajstić information content (AvgIpc) is 3.39. The van der Waals surface area contributed by atoms with Gasteiger partial charge in [-0.2, -0.15) is 4.68 Å². The molecule has 0 fully saturated rings. The molecule has 0 N–H and O–H groups in total. The molecule has 1 aliphatic carbocycles. The number of aryl methyl sites for hydroxylation is 1. The summed E-state index contributed by atoms with van der Waals surface area (Å²) < 4.78 is 3.44. The van der Waals surface area contributed by atoms with Crippen molar-refractivity contribution in [1.29, 1.82) is 0 Å². The van der Waals surface area contributed by atoms with Gasteiger partial charge in [0.2, 0.25) is 0 Å². The first-order valence-corrected chi connectivity index (χ1v) is 12.1. The normalized spacial score (nSPS) is 15.8. The Kier molecular flexibility index (Phi) is 5.45. The Balaban J connectivity index is 1.52. The van der Waals surface area contributed by atoms with Crippen molar-refractivity contribution in [3.8, 4) is 5.69 Å². The van der Waals surface area contributed by atoms with Crippen LogP contribution in [0.15, 0.2) is 52.9 Å². The van der Waals surface area contributed by atoms with Gasteiger partial charge < -0.3 is 0 Å². The van der Waals surface area contributed by atoms with Crippen molar-refractivity contribution in [3.63, 3.8) is 0 Å². The van der Waals surface area contributed by atoms with E-state index in [1.54, 1.807) is 26.7 Å². The first kappa shape index (κ1) is 20.1. The molecule has 4 aromatic rings. The van der Waals surface area contributed by atoms with Crippen molar-refractivity contribution in [1.82, 2.24) is 29.8 Å². The van der Waals surface area contributed by atoms with Crippen LogP contribution in [0.2, 0.25) is 0 Å². The maximum absolute atomic E-state index is 13.4. The predicted molar refractivity (Wildman–Crippen MR) is 124 cm³/mol. The van der Waals surface area contributed by atoms with Crippen LogP contribution < -0.4 is 5.56 Å². The number of thiophene rings is 1. The highest BCUT2D eigenvalue weighted by Gasteiger charge is 2.24. The number of fused-ring (bicyclic) bond motifs is 3. The Labute approximate surface area is 187 Å². The monoisotopic (exact) mass is 450 g/mol. The quantitative estimate of drug-likeness (QED) is 0.251. The van der Waals surface area contributed by atoms with Crippen molar-refractivity contribution < 1.29 is 0 Å². The van der Waals surface area contributed by atoms with Gasteiger partial charge in [-0.25, -0.2) is 4.98 Å². The highest BCUT2D eigenvalue weighted by molar-refractivity contribution is 7.98. The fourth-order valence-corrected chi connectivity index (χ4v) is 6.34. The average molecular weight is 451 g/mol. The van der Waals surface area contributed by atoms with Crippen molar-refractivity contribution in [2.24, 2.45) is 5.92 Å². The van der Waals surface area contributed by atoms with Crippen molar-refractivity contribution in [2.45, 2.75) is 43.6 Å². The highest BCUT2D eigenvalue weighted by atomic mass is 32.2. The molecule has 0 bridgehead atoms. The van der Waals surface area contributed by atoms with Crippen LogP contribution in [0.5, 0.6) is 0 Å². The van der Waals surface area contributed by atoms with E-state index in [0.717, 1.165) is 35.2 Å². The van der Waals surface area contributed by atoms with Gasteiger partial charge in [-0.1, -0.05) is 43.0 Å². The fraction of sp³-hybridized carbons (Fsp3) is 0.318. The summed E-state index contributed by atoms with van der Waals surface area (Å²) in [6.45, 7) is 6.53. The largest absolute Gasteiger partial charge is 0.283 e. The zero-order valence-electron chi connectivity index (χ0n) is 17.2. The van der Waals surface area contributed by atoms with Crippen molar-refractivity contribution in [2.75, 3.05) is 0 Å². The first-order chi connectivity index (χ1) is 15.2. The number of hydrogen-bond donors (Lipinski definition) is 0. The van der Waals surface area contributed by atoms with Crippen LogP contribution in [0.3, 0.4) is 0 Å². The summed E-state index contributed by atoms with van der Waals surface area (Å²) in [5.41, 5.74) is 2.13. The molecule has 0 aliphatic heterocycles. The molecule has 0 saturated heterocycles. The molecule has 3 heterocycles. The van der Waals surface area contributed by atoms with Gasteiger partial charge >= 0.3 is 0 Å². The summed E-state index contributed by atoms with van der Waals surface area (Å²) in [5, 5.41) is 13.6. The van der Waals surface area contributed by atoms with Gasteiger partial charge in [0.1, 0.15) is 4.83 Å². The van der Waals surface area contributed by atoms with Crippen LogP contribution in [0.1, 0.15) is 29.6 Å². The molecule has 1 aromatic carbocycles. The predicted octanol–water partition coefficient (Wildman–Crippen LogP) is 4.04. The number of rotatable bonds is 6. The standard InChI is InChI=1S/C22H22N6OS2/c1-3-11-27-21(29)19-16-10-9-14(2)12-17(16)31-20(19)23-22(27)30-13-18-24-25-26-28(18)15-7-5-4-6-8-15/h3-8,14H,1,9-13H2,2H3. The van der Waals surface area contributed by atoms with Gasteiger partial charge in [0.15, 0.2) is 11.0 Å². The third-order valence-electron chi connectivity index (χ3n) is 5.56. The molecular weight excluding hydrogens is 428 g/mol. The maximum atomic E-state index is 13.4. The van der Waals surface area contributed by atoms with Gasteiger partial charge in [0, 0.05) is 11.4 Å². The zero-order chi connectivity index (χ0) is 21.4. The molecule has 1 aliphatic rings. The van der Waals surface area contributed by atoms with Crippen molar-refractivity contribution in [3.05, 3.63) is 69.6 Å². The number of thioether (sulfide) groups is 1. The summed E-state index contributed by atoms with van der Waals surface area (Å²) in [6.07, 6.45) is 4.86. The summed E-state index contributed by atoms with van der Waals surface area (Å²) in [7, 11) is 0. The number of nitrogens with zero attached hydrogens (tertiary/aromatic N) is 6. The summed E-state index contributed by atoms with van der Waals surface area (Å²) in [6, 6.07) is 9.77. The minimum absolute atomic E-state index is 0.0297. The lowest BCUT2D eigenvalue weighted by molar-refractivity contribution is 0.509. The Hall–Kier alpha value is -2.78. The molecule has 1 unspecified atom stereocenters. The number of benzene rings is 1. The SMILES string of the molecule is C=CCn1c(SCc2nnnn2-c2ccccc2)nc2sc3c(c2c1=O)CCC(C)C3. The van der Waals surface area contributed by atoms with E-state index in [2.05, 4.69) is 29.0 Å². The lowest BCUT2D eigenvalue weighted by atomic mass is 9.89. The number of hydrogen-bond acceptors (Lipinski definition) is 7. The molecule has 0 radical (unpaired) electrons. The van der Waals surface area contributed by atoms with Crippen LogP contribution in [-0.2, 0) is 25.1 Å². The van der Waals surface area contributed by atoms with Crippen LogP contribution in [0, 0.1) is 5.92 Å². The Morgan fingerprint density at radius 1 is 1.32 bits per heavy atom. The second kappa shape index (κ2) is 8.39. The molecule has 1 atom stereocenters. The third kappa shape index (κ3) is 3.72. The van der Waals surface area contributed by atoms with Crippen molar-refractivity contribution >= 4 is 33.3 Å². The number of allylic oxidation sites excluding steroid dienone is 1. The number of para-hydroxylation sites is 1. The highest BCUT2D eigenvalue weighted by Crippen LogP contribution is 2.36. The van der Waals surface area contributed by atoms with E-state index in [-0.39, 0.29) is 5.56 Å². The second-order valence-corrected chi connectivity index (χ2v) is 9.79. The molecular formula is C22H22N6OS2. The van der Waals surface area contributed by atoms with Crippen LogP contribution in [0.25, 0.3) is 15.9 Å². The van der Waals surface area contributed by atoms with Gasteiger partial charge in [0.25, 0.3) is 5.56 Å². The smallest absolute Gasteiger partial charge is 0.263 e. The van der Waals surface area contributed by atoms with E-state index in [1.807, 2.05) is 30.3 Å². The summed E-state index contributed by atoms with van der Waals surface area (Å²) in [5.74, 6) is 1.86. The topological polar surface area (TPSA) is 78.5 Å². The van der Waals surface area contributed by atoms with E-state index in [4.69, 9.17) is 4.98 Å². The minimum atomic E-state index is 0.0297. The Morgan fingerprint density at radius 3 is 2.97 bits per heavy atom. The Bertz CT molecular complexity index is 1310. The van der Waals surface area contributed by atoms with E-state index in [1.165, 1.54) is 22.2 Å². The van der Waals surface area contributed by atoms with Gasteiger partial charge in [-0.05, 0) is 53.3 Å². The molecule has 0 saturated carbocycles. The molecule has 158 valence electrons. The lowest BCUT2D eigenvalue weighted by Crippen LogP contribution is -2.23. The van der Waals surface area contributed by atoms with Gasteiger partial charge in [-0.15, -0.1) is 23.0 Å². The maximum Gasteiger partial charge on any atom is 0.263 e. The molecule has 3 aromatic heterocycles. The van der Waals surface area contributed by atoms with E-state index >= 15 is 0 Å². The van der Waals surface area contributed by atoms with Gasteiger partial charge in [-0.3, -0.25) is 9.36 Å². The van der Waals surface area contributed by atoms with E-state index < -0.39 is 0 Å². The zero-order valence-corrected chi connectivity index (χ0v) is 18.8. The number of tetrazole rings is 1. The molecule has 5 rings (SSSR count). The Morgan fingerprint density at radius 2 is 2.16 bits per heavy atom. The van der Waals surface area contributed by atoms with Gasteiger partial charge in [0.05, 0.1) is 16.8 Å². The number of aromatic nitrogens is 6. The third-order valence-corrected chi connectivity index (χ3v) is 7.68. The minimum Gasteiger partial charge on any atom is -0.283 e. The van der Waals surface area contributed by atoms with E-state index in [9.17, 15) is 4.79 Å². The van der Waals surface area contributed by atoms with Crippen LogP contribution >= 0.6 is 23.1 Å². The summed E-state index contributed by atoms with van der Waals surface area (Å²) >= 11 is 3.15. The van der Waals surface area contributed by atoms with Crippen LogP contribution in [-0.4, -0.2) is 29.8 Å². The molecule has 31 heavy (non-hydrogen) atoms. The lowest BCUT2D eigenvalue weighted by Gasteiger charge is -2.17. The van der Waals surface area contributed by atoms with E-state index in [0.29, 0.717) is 29.2 Å². The summed E-state index contributed by atoms with van der Waals surface area (Å²) in [4.78, 5) is 20.5. The second-order valence-electron chi connectivity index (χ2n) is 7.76. The molecule has 7 nitrogen and oxygen atoms in total. The fourth-order valence-electron chi connectivity index (χ4n) is 4.00. The molecule has 0 spiro atoms. The molecule has 9 heteroatoms. The van der Waals surface area contributed by atoms with Crippen LogP contribution in [0.4, 0.5) is 0 Å².